The minimum Gasteiger partial charge on any atom is -0.391 e. The summed E-state index contributed by atoms with van der Waals surface area (Å²) >= 11 is 0. The van der Waals surface area contributed by atoms with E-state index in [1.54, 1.807) is 6.92 Å². The van der Waals surface area contributed by atoms with E-state index in [2.05, 4.69) is 34.6 Å². The zero-order valence-electron chi connectivity index (χ0n) is 9.79. The highest BCUT2D eigenvalue weighted by molar-refractivity contribution is 4.75. The third-order valence-corrected chi connectivity index (χ3v) is 2.67. The summed E-state index contributed by atoms with van der Waals surface area (Å²) in [5.41, 5.74) is 0.262. The van der Waals surface area contributed by atoms with Crippen LogP contribution in [0.4, 0.5) is 0 Å². The van der Waals surface area contributed by atoms with Gasteiger partial charge in [-0.2, -0.15) is 0 Å². The first-order chi connectivity index (χ1) is 5.75. The summed E-state index contributed by atoms with van der Waals surface area (Å²) in [4.78, 5) is 0. The lowest BCUT2D eigenvalue weighted by molar-refractivity contribution is -0.0398. The standard InChI is InChI=1S/C11H24O2/c1-8(12)7-13-10(3)9(2)11(4,5)6/h8-10,12H,7H2,1-6H3/t8-,9+,10-/m0/s1. The lowest BCUT2D eigenvalue weighted by atomic mass is 9.79. The van der Waals surface area contributed by atoms with E-state index >= 15 is 0 Å². The van der Waals surface area contributed by atoms with E-state index in [1.807, 2.05) is 0 Å². The van der Waals surface area contributed by atoms with Gasteiger partial charge in [-0.05, 0) is 25.2 Å². The predicted octanol–water partition coefficient (Wildman–Crippen LogP) is 2.45. The third-order valence-electron chi connectivity index (χ3n) is 2.67. The fraction of sp³-hybridized carbons (Fsp3) is 1.00. The van der Waals surface area contributed by atoms with Crippen LogP contribution in [0.25, 0.3) is 0 Å². The molecule has 0 aromatic rings. The van der Waals surface area contributed by atoms with E-state index in [0.29, 0.717) is 12.5 Å². The van der Waals surface area contributed by atoms with Gasteiger partial charge in [-0.1, -0.05) is 27.7 Å². The molecule has 2 heteroatoms. The molecule has 0 aromatic carbocycles. The lowest BCUT2D eigenvalue weighted by Gasteiger charge is -2.32. The van der Waals surface area contributed by atoms with Gasteiger partial charge in [0.05, 0.1) is 18.8 Å². The Labute approximate surface area is 82.3 Å². The highest BCUT2D eigenvalue weighted by Gasteiger charge is 2.25. The topological polar surface area (TPSA) is 29.5 Å². The largest absolute Gasteiger partial charge is 0.391 e. The van der Waals surface area contributed by atoms with Gasteiger partial charge in [-0.15, -0.1) is 0 Å². The molecule has 0 rings (SSSR count). The van der Waals surface area contributed by atoms with Crippen LogP contribution in [-0.4, -0.2) is 23.9 Å². The van der Waals surface area contributed by atoms with E-state index < -0.39 is 0 Å². The molecule has 0 saturated heterocycles. The molecule has 0 bridgehead atoms. The van der Waals surface area contributed by atoms with Crippen LogP contribution >= 0.6 is 0 Å². The van der Waals surface area contributed by atoms with Crippen LogP contribution in [0.1, 0.15) is 41.5 Å². The van der Waals surface area contributed by atoms with Crippen molar-refractivity contribution in [2.45, 2.75) is 53.8 Å². The average Bonchev–Trinajstić information content (AvgIpc) is 1.96. The molecule has 0 aliphatic heterocycles. The summed E-state index contributed by atoms with van der Waals surface area (Å²) in [5, 5.41) is 9.06. The second kappa shape index (κ2) is 4.97. The van der Waals surface area contributed by atoms with Crippen molar-refractivity contribution in [2.24, 2.45) is 11.3 Å². The van der Waals surface area contributed by atoms with Gasteiger partial charge in [0, 0.05) is 0 Å². The van der Waals surface area contributed by atoms with Gasteiger partial charge >= 0.3 is 0 Å². The summed E-state index contributed by atoms with van der Waals surface area (Å²) in [5.74, 6) is 0.492. The molecule has 13 heavy (non-hydrogen) atoms. The van der Waals surface area contributed by atoms with E-state index in [4.69, 9.17) is 9.84 Å². The Bertz CT molecular complexity index is 136. The molecular weight excluding hydrogens is 164 g/mol. The Morgan fingerprint density at radius 1 is 1.15 bits per heavy atom. The molecule has 0 spiro atoms. The highest BCUT2D eigenvalue weighted by Crippen LogP contribution is 2.29. The molecule has 0 aliphatic rings. The van der Waals surface area contributed by atoms with Gasteiger partial charge < -0.3 is 9.84 Å². The molecule has 0 amide bonds. The Hall–Kier alpha value is -0.0800. The maximum Gasteiger partial charge on any atom is 0.0745 e. The number of aliphatic hydroxyl groups excluding tert-OH is 1. The first-order valence-corrected chi connectivity index (χ1v) is 5.04. The Kier molecular flexibility index (Phi) is 4.93. The van der Waals surface area contributed by atoms with Crippen molar-refractivity contribution in [1.29, 1.82) is 0 Å². The second-order valence-electron chi connectivity index (χ2n) is 5.04. The van der Waals surface area contributed by atoms with Gasteiger partial charge in [0.2, 0.25) is 0 Å². The molecule has 80 valence electrons. The molecule has 2 nitrogen and oxygen atoms in total. The first kappa shape index (κ1) is 12.9. The molecule has 1 N–H and O–H groups in total. The lowest BCUT2D eigenvalue weighted by Crippen LogP contribution is -2.31. The van der Waals surface area contributed by atoms with Crippen molar-refractivity contribution in [3.05, 3.63) is 0 Å². The maximum absolute atomic E-state index is 9.06. The molecule has 0 heterocycles. The third kappa shape index (κ3) is 5.27. The molecule has 0 saturated carbocycles. The van der Waals surface area contributed by atoms with Crippen LogP contribution in [-0.2, 0) is 4.74 Å². The van der Waals surface area contributed by atoms with Crippen molar-refractivity contribution >= 4 is 0 Å². The summed E-state index contributed by atoms with van der Waals surface area (Å²) in [6, 6.07) is 0. The Morgan fingerprint density at radius 2 is 1.62 bits per heavy atom. The Balaban J connectivity index is 3.90. The normalized spacial score (nSPS) is 19.6. The smallest absolute Gasteiger partial charge is 0.0745 e. The number of rotatable bonds is 4. The van der Waals surface area contributed by atoms with Crippen molar-refractivity contribution in [3.63, 3.8) is 0 Å². The fourth-order valence-electron chi connectivity index (χ4n) is 1.14. The number of ether oxygens (including phenoxy) is 1. The number of aliphatic hydroxyl groups is 1. The van der Waals surface area contributed by atoms with Crippen molar-refractivity contribution < 1.29 is 9.84 Å². The molecule has 3 atom stereocenters. The van der Waals surface area contributed by atoms with Crippen LogP contribution < -0.4 is 0 Å². The van der Waals surface area contributed by atoms with Crippen molar-refractivity contribution in [2.75, 3.05) is 6.61 Å². The predicted molar refractivity (Wildman–Crippen MR) is 55.7 cm³/mol. The fourth-order valence-corrected chi connectivity index (χ4v) is 1.14. The van der Waals surface area contributed by atoms with E-state index in [0.717, 1.165) is 0 Å². The molecule has 0 aromatic heterocycles. The minimum atomic E-state index is -0.366. The zero-order chi connectivity index (χ0) is 10.6. The van der Waals surface area contributed by atoms with Gasteiger partial charge in [-0.25, -0.2) is 0 Å². The summed E-state index contributed by atoms with van der Waals surface area (Å²) in [6.45, 7) is 13.1. The number of hydrogen-bond acceptors (Lipinski definition) is 2. The van der Waals surface area contributed by atoms with Crippen LogP contribution in [0.5, 0.6) is 0 Å². The molecule has 0 aliphatic carbocycles. The monoisotopic (exact) mass is 188 g/mol. The minimum absolute atomic E-state index is 0.203. The summed E-state index contributed by atoms with van der Waals surface area (Å²) < 4.78 is 5.54. The quantitative estimate of drug-likeness (QED) is 0.734. The van der Waals surface area contributed by atoms with Gasteiger partial charge in [0.15, 0.2) is 0 Å². The van der Waals surface area contributed by atoms with E-state index in [1.165, 1.54) is 0 Å². The molecule has 0 fully saturated rings. The molecule has 0 radical (unpaired) electrons. The van der Waals surface area contributed by atoms with Crippen molar-refractivity contribution in [3.8, 4) is 0 Å². The van der Waals surface area contributed by atoms with Gasteiger partial charge in [-0.3, -0.25) is 0 Å². The van der Waals surface area contributed by atoms with Gasteiger partial charge in [0.25, 0.3) is 0 Å². The van der Waals surface area contributed by atoms with Crippen molar-refractivity contribution in [1.82, 2.24) is 0 Å². The van der Waals surface area contributed by atoms with Gasteiger partial charge in [0.1, 0.15) is 0 Å². The SMILES string of the molecule is C[C@H](O)CO[C@@H](C)[C@@H](C)C(C)(C)C. The summed E-state index contributed by atoms with van der Waals surface area (Å²) in [6.07, 6.45) is -0.163. The number of hydrogen-bond donors (Lipinski definition) is 1. The van der Waals surface area contributed by atoms with Crippen LogP contribution in [0.15, 0.2) is 0 Å². The van der Waals surface area contributed by atoms with Crippen LogP contribution in [0.2, 0.25) is 0 Å². The van der Waals surface area contributed by atoms with Crippen LogP contribution in [0, 0.1) is 11.3 Å². The zero-order valence-corrected chi connectivity index (χ0v) is 9.79. The van der Waals surface area contributed by atoms with Crippen LogP contribution in [0.3, 0.4) is 0 Å². The first-order valence-electron chi connectivity index (χ1n) is 5.04. The second-order valence-corrected chi connectivity index (χ2v) is 5.04. The van der Waals surface area contributed by atoms with E-state index in [9.17, 15) is 0 Å². The molecular formula is C11H24O2. The average molecular weight is 188 g/mol. The Morgan fingerprint density at radius 3 is 1.92 bits per heavy atom. The highest BCUT2D eigenvalue weighted by atomic mass is 16.5. The van der Waals surface area contributed by atoms with E-state index in [-0.39, 0.29) is 17.6 Å². The maximum atomic E-state index is 9.06. The molecule has 0 unspecified atom stereocenters. The summed E-state index contributed by atoms with van der Waals surface area (Å²) in [7, 11) is 0.